The summed E-state index contributed by atoms with van der Waals surface area (Å²) < 4.78 is 2.40. The fraction of sp³-hybridized carbons (Fsp3) is 0.323. The van der Waals surface area contributed by atoms with E-state index in [1.54, 1.807) is 0 Å². The summed E-state index contributed by atoms with van der Waals surface area (Å²) in [5, 5.41) is 21.5. The molecule has 5 heteroatoms. The van der Waals surface area contributed by atoms with Gasteiger partial charge in [-0.25, -0.2) is 0 Å². The molecule has 0 radical (unpaired) electrons. The Morgan fingerprint density at radius 3 is 2.50 bits per heavy atom. The highest BCUT2D eigenvalue weighted by molar-refractivity contribution is 6.02. The summed E-state index contributed by atoms with van der Waals surface area (Å²) >= 11 is 0. The van der Waals surface area contributed by atoms with Crippen LogP contribution in [0, 0.1) is 34.5 Å². The first-order chi connectivity index (χ1) is 17.7. The molecule has 5 nitrogen and oxygen atoms in total. The standard InChI is InChI=1S/C31H31N5/c1-34-28-9-8-25(15-26(28)17-33)31-30(24-6-4-20(16-32)5-7-24)27-10-11-36(29(27)18-35-31)19-23-13-21-2-3-22(12-21)14-23/h4-11,15,17-18,21-23,33-34H,2-3,12-14,19H2,1H3/t21-,22+,23?. The summed E-state index contributed by atoms with van der Waals surface area (Å²) in [5.74, 6) is 2.60. The monoisotopic (exact) mass is 473 g/mol. The molecule has 2 aromatic carbocycles. The number of nitrogens with one attached hydrogen (secondary N) is 2. The predicted octanol–water partition coefficient (Wildman–Crippen LogP) is 7.11. The third-order valence-corrected chi connectivity index (χ3v) is 8.32. The molecule has 0 amide bonds. The molecule has 2 aromatic heterocycles. The van der Waals surface area contributed by atoms with E-state index < -0.39 is 0 Å². The average Bonchev–Trinajstić information content (AvgIpc) is 3.49. The van der Waals surface area contributed by atoms with Crippen LogP contribution in [0.2, 0.25) is 0 Å². The van der Waals surface area contributed by atoms with Crippen LogP contribution in [-0.4, -0.2) is 22.8 Å². The van der Waals surface area contributed by atoms with Gasteiger partial charge in [0.2, 0.25) is 0 Å². The number of nitrogens with zero attached hydrogens (tertiary/aromatic N) is 3. The minimum Gasteiger partial charge on any atom is -0.388 e. The van der Waals surface area contributed by atoms with Crippen molar-refractivity contribution < 1.29 is 0 Å². The van der Waals surface area contributed by atoms with E-state index in [4.69, 9.17) is 10.4 Å². The molecule has 3 atom stereocenters. The Morgan fingerprint density at radius 2 is 1.81 bits per heavy atom. The lowest BCUT2D eigenvalue weighted by atomic mass is 9.81. The Balaban J connectivity index is 1.47. The molecule has 1 unspecified atom stereocenters. The maximum Gasteiger partial charge on any atom is 0.0991 e. The van der Waals surface area contributed by atoms with E-state index >= 15 is 0 Å². The van der Waals surface area contributed by atoms with E-state index in [0.717, 1.165) is 63.5 Å². The minimum atomic E-state index is 0.648. The van der Waals surface area contributed by atoms with Crippen molar-refractivity contribution in [1.29, 1.82) is 10.7 Å². The number of benzene rings is 2. The summed E-state index contributed by atoms with van der Waals surface area (Å²) in [7, 11) is 1.87. The van der Waals surface area contributed by atoms with Crippen LogP contribution in [0.25, 0.3) is 33.3 Å². The van der Waals surface area contributed by atoms with Crippen LogP contribution in [0.3, 0.4) is 0 Å². The van der Waals surface area contributed by atoms with E-state index in [-0.39, 0.29) is 0 Å². The number of pyridine rings is 1. The Labute approximate surface area is 212 Å². The van der Waals surface area contributed by atoms with Crippen molar-refractivity contribution in [3.05, 3.63) is 72.1 Å². The zero-order chi connectivity index (χ0) is 24.6. The summed E-state index contributed by atoms with van der Waals surface area (Å²) in [5.41, 5.74) is 7.55. The molecule has 6 rings (SSSR count). The van der Waals surface area contributed by atoms with Crippen molar-refractivity contribution in [1.82, 2.24) is 9.55 Å². The number of hydrogen-bond acceptors (Lipinski definition) is 4. The first-order valence-corrected chi connectivity index (χ1v) is 13.0. The topological polar surface area (TPSA) is 77.5 Å². The molecule has 2 bridgehead atoms. The van der Waals surface area contributed by atoms with Gasteiger partial charge in [0.25, 0.3) is 0 Å². The van der Waals surface area contributed by atoms with Crippen molar-refractivity contribution >= 4 is 22.8 Å². The Bertz CT molecular complexity index is 1460. The van der Waals surface area contributed by atoms with E-state index in [9.17, 15) is 5.26 Å². The minimum absolute atomic E-state index is 0.648. The van der Waals surface area contributed by atoms with Crippen molar-refractivity contribution in [2.45, 2.75) is 38.6 Å². The fourth-order valence-electron chi connectivity index (χ4n) is 6.67. The molecule has 36 heavy (non-hydrogen) atoms. The molecule has 180 valence electrons. The van der Waals surface area contributed by atoms with Gasteiger partial charge in [-0.1, -0.05) is 31.0 Å². The summed E-state index contributed by atoms with van der Waals surface area (Å²) in [6.07, 6.45) is 12.6. The highest BCUT2D eigenvalue weighted by Crippen LogP contribution is 2.45. The van der Waals surface area contributed by atoms with Gasteiger partial charge in [0.1, 0.15) is 0 Å². The molecule has 2 aliphatic carbocycles. The molecule has 0 aliphatic heterocycles. The second kappa shape index (κ2) is 9.28. The van der Waals surface area contributed by atoms with Crippen LogP contribution in [0.5, 0.6) is 0 Å². The van der Waals surface area contributed by atoms with Crippen molar-refractivity contribution in [2.75, 3.05) is 12.4 Å². The maximum atomic E-state index is 9.32. The number of anilines is 1. The van der Waals surface area contributed by atoms with E-state index in [1.165, 1.54) is 43.7 Å². The molecule has 2 N–H and O–H groups in total. The first kappa shape index (κ1) is 22.5. The van der Waals surface area contributed by atoms with Crippen LogP contribution in [0.4, 0.5) is 5.69 Å². The second-order valence-electron chi connectivity index (χ2n) is 10.5. The third-order valence-electron chi connectivity index (χ3n) is 8.32. The van der Waals surface area contributed by atoms with E-state index in [2.05, 4.69) is 34.3 Å². The predicted molar refractivity (Wildman–Crippen MR) is 146 cm³/mol. The average molecular weight is 474 g/mol. The van der Waals surface area contributed by atoms with Gasteiger partial charge < -0.3 is 15.3 Å². The number of aromatic nitrogens is 2. The molecule has 0 spiro atoms. The molecular weight excluding hydrogens is 442 g/mol. The van der Waals surface area contributed by atoms with Gasteiger partial charge >= 0.3 is 0 Å². The Hall–Kier alpha value is -3.91. The zero-order valence-corrected chi connectivity index (χ0v) is 20.7. The molecule has 0 saturated heterocycles. The number of hydrogen-bond donors (Lipinski definition) is 2. The number of nitriles is 1. The number of fused-ring (bicyclic) bond motifs is 3. The van der Waals surface area contributed by atoms with E-state index in [1.807, 2.05) is 49.6 Å². The third kappa shape index (κ3) is 3.97. The lowest BCUT2D eigenvalue weighted by Gasteiger charge is -2.28. The summed E-state index contributed by atoms with van der Waals surface area (Å²) in [6.45, 7) is 1.05. The van der Waals surface area contributed by atoms with Gasteiger partial charge in [-0.15, -0.1) is 0 Å². The molecular formula is C31H31N5. The summed E-state index contributed by atoms with van der Waals surface area (Å²) in [4.78, 5) is 5.01. The number of rotatable bonds is 6. The van der Waals surface area contributed by atoms with Gasteiger partial charge in [0.15, 0.2) is 0 Å². The van der Waals surface area contributed by atoms with Crippen molar-refractivity contribution in [2.24, 2.45) is 17.8 Å². The lowest BCUT2D eigenvalue weighted by molar-refractivity contribution is 0.239. The van der Waals surface area contributed by atoms with Crippen molar-refractivity contribution in [3.8, 4) is 28.5 Å². The zero-order valence-electron chi connectivity index (χ0n) is 20.7. The molecule has 2 fully saturated rings. The van der Waals surface area contributed by atoms with Crippen LogP contribution in [-0.2, 0) is 6.54 Å². The Kier molecular flexibility index (Phi) is 5.81. The van der Waals surface area contributed by atoms with Crippen LogP contribution in [0.15, 0.2) is 60.9 Å². The highest BCUT2D eigenvalue weighted by Gasteiger charge is 2.34. The van der Waals surface area contributed by atoms with Gasteiger partial charge in [-0.3, -0.25) is 4.98 Å². The Morgan fingerprint density at radius 1 is 1.06 bits per heavy atom. The van der Waals surface area contributed by atoms with Gasteiger partial charge in [0.05, 0.1) is 29.0 Å². The van der Waals surface area contributed by atoms with Gasteiger partial charge in [-0.05, 0) is 72.9 Å². The molecule has 2 saturated carbocycles. The highest BCUT2D eigenvalue weighted by atomic mass is 15.0. The van der Waals surface area contributed by atoms with Gasteiger partial charge in [-0.2, -0.15) is 5.26 Å². The maximum absolute atomic E-state index is 9.32. The second-order valence-corrected chi connectivity index (χ2v) is 10.5. The van der Waals surface area contributed by atoms with Gasteiger partial charge in [0, 0.05) is 53.8 Å². The molecule has 2 aliphatic rings. The normalized spacial score (nSPS) is 20.8. The first-order valence-electron chi connectivity index (χ1n) is 13.0. The quantitative estimate of drug-likeness (QED) is 0.293. The SMILES string of the molecule is CNc1ccc(-c2ncc3c(ccn3CC3C[C@H]4CC[C@@H](C3)C4)c2-c2ccc(C#N)cc2)cc1C=N. The summed E-state index contributed by atoms with van der Waals surface area (Å²) in [6, 6.07) is 18.3. The fourth-order valence-corrected chi connectivity index (χ4v) is 6.67. The molecule has 4 aromatic rings. The van der Waals surface area contributed by atoms with Crippen LogP contribution in [0.1, 0.15) is 43.2 Å². The molecule has 2 heterocycles. The van der Waals surface area contributed by atoms with Crippen LogP contribution >= 0.6 is 0 Å². The van der Waals surface area contributed by atoms with Crippen LogP contribution < -0.4 is 5.32 Å². The lowest BCUT2D eigenvalue weighted by Crippen LogP contribution is -2.20. The smallest absolute Gasteiger partial charge is 0.0991 e. The van der Waals surface area contributed by atoms with E-state index in [0.29, 0.717) is 5.56 Å². The largest absolute Gasteiger partial charge is 0.388 e. The van der Waals surface area contributed by atoms with Crippen molar-refractivity contribution in [3.63, 3.8) is 0 Å².